The maximum absolute atomic E-state index is 11.4. The molecule has 0 saturated heterocycles. The number of nitrogens with one attached hydrogen (secondary N) is 1. The van der Waals surface area contributed by atoms with Gasteiger partial charge in [-0.05, 0) is 24.7 Å². The minimum Gasteiger partial charge on any atom is -0.355 e. The lowest BCUT2D eigenvalue weighted by Gasteiger charge is -2.04. The van der Waals surface area contributed by atoms with E-state index in [-0.39, 0.29) is 5.91 Å². The number of hydrogen-bond donors (Lipinski definition) is 2. The minimum absolute atomic E-state index is 0.246. The molecule has 0 aromatic carbocycles. The van der Waals surface area contributed by atoms with Gasteiger partial charge in [0.25, 0.3) is 0 Å². The van der Waals surface area contributed by atoms with Gasteiger partial charge in [0.1, 0.15) is 0 Å². The van der Waals surface area contributed by atoms with Crippen molar-refractivity contribution in [1.29, 1.82) is 0 Å². The van der Waals surface area contributed by atoms with E-state index in [1.807, 2.05) is 0 Å². The first kappa shape index (κ1) is 8.05. The molecular weight excluding hydrogens is 152 g/mol. The van der Waals surface area contributed by atoms with Crippen molar-refractivity contribution in [3.8, 4) is 0 Å². The van der Waals surface area contributed by atoms with Gasteiger partial charge in [0.15, 0.2) is 0 Å². The van der Waals surface area contributed by atoms with Crippen LogP contribution in [0.2, 0.25) is 0 Å². The van der Waals surface area contributed by atoms with Crippen LogP contribution in [-0.4, -0.2) is 19.0 Å². The van der Waals surface area contributed by atoms with Gasteiger partial charge in [0.05, 0.1) is 0 Å². The third-order valence-electron chi connectivity index (χ3n) is 3.15. The van der Waals surface area contributed by atoms with Crippen LogP contribution in [0.5, 0.6) is 0 Å². The highest BCUT2D eigenvalue weighted by Gasteiger charge is 2.56. The molecule has 3 nitrogen and oxygen atoms in total. The quantitative estimate of drug-likeness (QED) is 0.628. The number of fused-ring (bicyclic) bond motifs is 1. The summed E-state index contributed by atoms with van der Waals surface area (Å²) < 4.78 is 0. The zero-order valence-electron chi connectivity index (χ0n) is 7.25. The molecule has 2 fully saturated rings. The Hall–Kier alpha value is -0.570. The van der Waals surface area contributed by atoms with Crippen molar-refractivity contribution in [1.82, 2.24) is 5.32 Å². The van der Waals surface area contributed by atoms with Crippen molar-refractivity contribution >= 4 is 5.91 Å². The summed E-state index contributed by atoms with van der Waals surface area (Å²) in [6, 6.07) is 0. The van der Waals surface area contributed by atoms with Crippen molar-refractivity contribution in [3.05, 3.63) is 0 Å². The fraction of sp³-hybridized carbons (Fsp3) is 0.889. The van der Waals surface area contributed by atoms with Crippen LogP contribution < -0.4 is 11.1 Å². The number of nitrogens with two attached hydrogens (primary N) is 1. The van der Waals surface area contributed by atoms with Crippen LogP contribution in [0.25, 0.3) is 0 Å². The van der Waals surface area contributed by atoms with Gasteiger partial charge >= 0.3 is 0 Å². The van der Waals surface area contributed by atoms with Crippen LogP contribution >= 0.6 is 0 Å². The lowest BCUT2D eigenvalue weighted by atomic mass is 10.1. The average Bonchev–Trinajstić information content (AvgIpc) is 2.56. The molecule has 2 aliphatic rings. The Morgan fingerprint density at radius 3 is 2.67 bits per heavy atom. The standard InChI is InChI=1S/C9H16N2O/c10-4-5-11-9(12)8-6-2-1-3-7(6)8/h6-8H,1-5,10H2,(H,11,12). The van der Waals surface area contributed by atoms with E-state index in [4.69, 9.17) is 5.73 Å². The first-order valence-corrected chi connectivity index (χ1v) is 4.82. The van der Waals surface area contributed by atoms with Crippen LogP contribution in [-0.2, 0) is 4.79 Å². The van der Waals surface area contributed by atoms with Crippen molar-refractivity contribution in [2.75, 3.05) is 13.1 Å². The van der Waals surface area contributed by atoms with Crippen molar-refractivity contribution in [3.63, 3.8) is 0 Å². The lowest BCUT2D eigenvalue weighted by Crippen LogP contribution is -2.31. The molecule has 2 aliphatic carbocycles. The monoisotopic (exact) mass is 168 g/mol. The molecule has 0 heterocycles. The second kappa shape index (κ2) is 3.05. The third kappa shape index (κ3) is 1.22. The molecule has 2 saturated carbocycles. The highest BCUT2D eigenvalue weighted by Crippen LogP contribution is 2.57. The fourth-order valence-electron chi connectivity index (χ4n) is 2.52. The van der Waals surface area contributed by atoms with Gasteiger partial charge in [0, 0.05) is 19.0 Å². The van der Waals surface area contributed by atoms with Crippen molar-refractivity contribution < 1.29 is 4.79 Å². The summed E-state index contributed by atoms with van der Waals surface area (Å²) in [5.41, 5.74) is 5.30. The normalized spacial score (nSPS) is 37.6. The number of carbonyl (C=O) groups is 1. The summed E-state index contributed by atoms with van der Waals surface area (Å²) in [4.78, 5) is 11.4. The molecule has 12 heavy (non-hydrogen) atoms. The predicted molar refractivity (Wildman–Crippen MR) is 46.4 cm³/mol. The molecule has 0 spiro atoms. The molecule has 2 unspecified atom stereocenters. The summed E-state index contributed by atoms with van der Waals surface area (Å²) in [6.45, 7) is 1.18. The van der Waals surface area contributed by atoms with Gasteiger partial charge in [-0.15, -0.1) is 0 Å². The first-order chi connectivity index (χ1) is 5.84. The number of amides is 1. The zero-order chi connectivity index (χ0) is 8.55. The van der Waals surface area contributed by atoms with Crippen LogP contribution in [0.1, 0.15) is 19.3 Å². The van der Waals surface area contributed by atoms with Gasteiger partial charge in [-0.1, -0.05) is 6.42 Å². The predicted octanol–water partition coefficient (Wildman–Crippen LogP) is 0.107. The zero-order valence-corrected chi connectivity index (χ0v) is 7.25. The van der Waals surface area contributed by atoms with Gasteiger partial charge in [-0.25, -0.2) is 0 Å². The molecule has 0 bridgehead atoms. The van der Waals surface area contributed by atoms with Crippen LogP contribution in [0.15, 0.2) is 0 Å². The Balaban J connectivity index is 1.76. The van der Waals surface area contributed by atoms with Gasteiger partial charge in [-0.2, -0.15) is 0 Å². The van der Waals surface area contributed by atoms with Crippen molar-refractivity contribution in [2.24, 2.45) is 23.5 Å². The summed E-state index contributed by atoms with van der Waals surface area (Å²) in [5, 5.41) is 2.86. The average molecular weight is 168 g/mol. The summed E-state index contributed by atoms with van der Waals surface area (Å²) >= 11 is 0. The molecule has 2 rings (SSSR count). The lowest BCUT2D eigenvalue weighted by molar-refractivity contribution is -0.123. The number of hydrogen-bond acceptors (Lipinski definition) is 2. The van der Waals surface area contributed by atoms with E-state index in [0.717, 1.165) is 11.8 Å². The Morgan fingerprint density at radius 1 is 1.42 bits per heavy atom. The smallest absolute Gasteiger partial charge is 0.223 e. The fourth-order valence-corrected chi connectivity index (χ4v) is 2.52. The van der Waals surface area contributed by atoms with E-state index in [2.05, 4.69) is 5.32 Å². The number of rotatable bonds is 3. The Morgan fingerprint density at radius 2 is 2.08 bits per heavy atom. The molecule has 0 aromatic rings. The van der Waals surface area contributed by atoms with E-state index in [1.54, 1.807) is 0 Å². The Kier molecular flexibility index (Phi) is 2.05. The van der Waals surface area contributed by atoms with Crippen LogP contribution in [0, 0.1) is 17.8 Å². The maximum atomic E-state index is 11.4. The maximum Gasteiger partial charge on any atom is 0.223 e. The molecule has 2 atom stereocenters. The van der Waals surface area contributed by atoms with E-state index >= 15 is 0 Å². The Labute approximate surface area is 72.7 Å². The van der Waals surface area contributed by atoms with E-state index < -0.39 is 0 Å². The van der Waals surface area contributed by atoms with E-state index in [1.165, 1.54) is 19.3 Å². The van der Waals surface area contributed by atoms with E-state index in [9.17, 15) is 4.79 Å². The molecule has 0 aromatic heterocycles. The van der Waals surface area contributed by atoms with Crippen molar-refractivity contribution in [2.45, 2.75) is 19.3 Å². The third-order valence-corrected chi connectivity index (χ3v) is 3.15. The summed E-state index contributed by atoms with van der Waals surface area (Å²) in [7, 11) is 0. The summed E-state index contributed by atoms with van der Waals surface area (Å²) in [6.07, 6.45) is 3.87. The SMILES string of the molecule is NCCNC(=O)C1C2CCCC21. The molecule has 68 valence electrons. The van der Waals surface area contributed by atoms with Gasteiger partial charge in [0.2, 0.25) is 5.91 Å². The molecule has 0 aliphatic heterocycles. The molecule has 1 amide bonds. The molecular formula is C9H16N2O. The molecule has 0 radical (unpaired) electrons. The minimum atomic E-state index is 0.246. The largest absolute Gasteiger partial charge is 0.355 e. The topological polar surface area (TPSA) is 55.1 Å². The molecule has 3 heteroatoms. The highest BCUT2D eigenvalue weighted by atomic mass is 16.2. The second-order valence-electron chi connectivity index (χ2n) is 3.86. The van der Waals surface area contributed by atoms with Gasteiger partial charge < -0.3 is 11.1 Å². The van der Waals surface area contributed by atoms with Gasteiger partial charge in [-0.3, -0.25) is 4.79 Å². The second-order valence-corrected chi connectivity index (χ2v) is 3.86. The van der Waals surface area contributed by atoms with Crippen LogP contribution in [0.3, 0.4) is 0 Å². The summed E-state index contributed by atoms with van der Waals surface area (Å²) in [5.74, 6) is 2.05. The first-order valence-electron chi connectivity index (χ1n) is 4.82. The molecule has 3 N–H and O–H groups in total. The van der Waals surface area contributed by atoms with Crippen LogP contribution in [0.4, 0.5) is 0 Å². The Bertz CT molecular complexity index is 183. The number of carbonyl (C=O) groups excluding carboxylic acids is 1. The highest BCUT2D eigenvalue weighted by molar-refractivity contribution is 5.82. The van der Waals surface area contributed by atoms with E-state index in [0.29, 0.717) is 19.0 Å².